The minimum absolute atomic E-state index is 0.708. The molecule has 4 heteroatoms. The maximum atomic E-state index is 5.70. The van der Waals surface area contributed by atoms with Gasteiger partial charge in [-0.15, -0.1) is 0 Å². The summed E-state index contributed by atoms with van der Waals surface area (Å²) in [4.78, 5) is 6.65. The molecular weight excluding hydrogens is 288 g/mol. The molecule has 1 heterocycles. The van der Waals surface area contributed by atoms with Gasteiger partial charge in [0.25, 0.3) is 0 Å². The Morgan fingerprint density at radius 2 is 2.00 bits per heavy atom. The molecule has 4 nitrogen and oxygen atoms in total. The van der Waals surface area contributed by atoms with Crippen molar-refractivity contribution < 1.29 is 9.47 Å². The van der Waals surface area contributed by atoms with Gasteiger partial charge in [0, 0.05) is 31.4 Å². The van der Waals surface area contributed by atoms with E-state index < -0.39 is 0 Å². The molecule has 0 aliphatic heterocycles. The lowest BCUT2D eigenvalue weighted by Crippen LogP contribution is -2.21. The van der Waals surface area contributed by atoms with Gasteiger partial charge >= 0.3 is 0 Å². The Morgan fingerprint density at radius 1 is 1.13 bits per heavy atom. The molecule has 0 saturated carbocycles. The SMILES string of the molecule is CCCOc1ccc(CN(C)CCc2ccccn2)cc1OC. The number of nitrogens with zero attached hydrogens (tertiary/aromatic N) is 2. The molecule has 0 aliphatic carbocycles. The van der Waals surface area contributed by atoms with Crippen molar-refractivity contribution in [1.82, 2.24) is 9.88 Å². The highest BCUT2D eigenvalue weighted by atomic mass is 16.5. The molecule has 2 aromatic rings. The van der Waals surface area contributed by atoms with Gasteiger partial charge < -0.3 is 14.4 Å². The normalized spacial score (nSPS) is 10.8. The lowest BCUT2D eigenvalue weighted by atomic mass is 10.2. The first-order valence-electron chi connectivity index (χ1n) is 8.11. The van der Waals surface area contributed by atoms with E-state index in [1.54, 1.807) is 7.11 Å². The second-order valence-corrected chi connectivity index (χ2v) is 5.64. The summed E-state index contributed by atoms with van der Waals surface area (Å²) in [5.41, 5.74) is 2.34. The molecule has 0 fully saturated rings. The van der Waals surface area contributed by atoms with E-state index in [4.69, 9.17) is 9.47 Å². The summed E-state index contributed by atoms with van der Waals surface area (Å²) < 4.78 is 11.1. The van der Waals surface area contributed by atoms with Gasteiger partial charge in [0.05, 0.1) is 13.7 Å². The summed E-state index contributed by atoms with van der Waals surface area (Å²) in [6, 6.07) is 12.2. The van der Waals surface area contributed by atoms with E-state index in [0.717, 1.165) is 43.1 Å². The third-order valence-electron chi connectivity index (χ3n) is 3.62. The van der Waals surface area contributed by atoms with Gasteiger partial charge in [-0.2, -0.15) is 0 Å². The molecule has 124 valence electrons. The number of pyridine rings is 1. The standard InChI is InChI=1S/C19H26N2O2/c1-4-13-23-18-9-8-16(14-19(18)22-3)15-21(2)12-10-17-7-5-6-11-20-17/h5-9,11,14H,4,10,12-13,15H2,1-3H3. The van der Waals surface area contributed by atoms with Gasteiger partial charge in [0.15, 0.2) is 11.5 Å². The molecule has 0 spiro atoms. The fourth-order valence-electron chi connectivity index (χ4n) is 2.38. The zero-order valence-electron chi connectivity index (χ0n) is 14.3. The number of ether oxygens (including phenoxy) is 2. The van der Waals surface area contributed by atoms with Crippen LogP contribution < -0.4 is 9.47 Å². The van der Waals surface area contributed by atoms with Crippen LogP contribution in [0.4, 0.5) is 0 Å². The topological polar surface area (TPSA) is 34.6 Å². The molecule has 1 aromatic carbocycles. The van der Waals surface area contributed by atoms with Crippen molar-refractivity contribution in [1.29, 1.82) is 0 Å². The molecule has 1 aromatic heterocycles. The molecular formula is C19H26N2O2. The molecule has 0 N–H and O–H groups in total. The Balaban J connectivity index is 1.91. The number of hydrogen-bond acceptors (Lipinski definition) is 4. The fourth-order valence-corrected chi connectivity index (χ4v) is 2.38. The van der Waals surface area contributed by atoms with Crippen LogP contribution >= 0.6 is 0 Å². The number of rotatable bonds is 9. The molecule has 0 amide bonds. The number of hydrogen-bond donors (Lipinski definition) is 0. The minimum atomic E-state index is 0.708. The van der Waals surface area contributed by atoms with Crippen molar-refractivity contribution in [2.45, 2.75) is 26.3 Å². The summed E-state index contributed by atoms with van der Waals surface area (Å²) in [7, 11) is 3.81. The smallest absolute Gasteiger partial charge is 0.161 e. The highest BCUT2D eigenvalue weighted by Gasteiger charge is 2.08. The van der Waals surface area contributed by atoms with Crippen LogP contribution in [0.15, 0.2) is 42.6 Å². The summed E-state index contributed by atoms with van der Waals surface area (Å²) in [5, 5.41) is 0. The third kappa shape index (κ3) is 5.57. The van der Waals surface area contributed by atoms with E-state index in [1.807, 2.05) is 24.4 Å². The molecule has 0 unspecified atom stereocenters. The molecule has 0 atom stereocenters. The molecule has 0 radical (unpaired) electrons. The van der Waals surface area contributed by atoms with E-state index in [0.29, 0.717) is 6.61 Å². The van der Waals surface area contributed by atoms with Crippen molar-refractivity contribution in [3.8, 4) is 11.5 Å². The summed E-state index contributed by atoms with van der Waals surface area (Å²) in [6.45, 7) is 4.64. The highest BCUT2D eigenvalue weighted by molar-refractivity contribution is 5.42. The number of methoxy groups -OCH3 is 1. The lowest BCUT2D eigenvalue weighted by molar-refractivity contribution is 0.292. The first kappa shape index (κ1) is 17.3. The maximum absolute atomic E-state index is 5.70. The lowest BCUT2D eigenvalue weighted by Gasteiger charge is -2.18. The molecule has 0 bridgehead atoms. The highest BCUT2D eigenvalue weighted by Crippen LogP contribution is 2.28. The van der Waals surface area contributed by atoms with Gasteiger partial charge in [-0.25, -0.2) is 0 Å². The monoisotopic (exact) mass is 314 g/mol. The Kier molecular flexibility index (Phi) is 6.88. The van der Waals surface area contributed by atoms with E-state index in [-0.39, 0.29) is 0 Å². The maximum Gasteiger partial charge on any atom is 0.161 e. The summed E-state index contributed by atoms with van der Waals surface area (Å²) in [5.74, 6) is 1.61. The average molecular weight is 314 g/mol. The third-order valence-corrected chi connectivity index (χ3v) is 3.62. The van der Waals surface area contributed by atoms with E-state index in [9.17, 15) is 0 Å². The molecule has 23 heavy (non-hydrogen) atoms. The largest absolute Gasteiger partial charge is 0.493 e. The van der Waals surface area contributed by atoms with E-state index in [1.165, 1.54) is 5.56 Å². The van der Waals surface area contributed by atoms with Crippen LogP contribution in [0.2, 0.25) is 0 Å². The molecule has 0 aliphatic rings. The number of likely N-dealkylation sites (N-methyl/N-ethyl adjacent to an activating group) is 1. The number of benzene rings is 1. The van der Waals surface area contributed by atoms with E-state index >= 15 is 0 Å². The average Bonchev–Trinajstić information content (AvgIpc) is 2.59. The quantitative estimate of drug-likeness (QED) is 0.709. The van der Waals surface area contributed by atoms with Gasteiger partial charge in [-0.1, -0.05) is 19.1 Å². The summed E-state index contributed by atoms with van der Waals surface area (Å²) in [6.07, 6.45) is 3.78. The molecule has 0 saturated heterocycles. The van der Waals surface area contributed by atoms with Gasteiger partial charge in [-0.3, -0.25) is 4.98 Å². The van der Waals surface area contributed by atoms with Crippen molar-refractivity contribution in [3.05, 3.63) is 53.9 Å². The van der Waals surface area contributed by atoms with Gasteiger partial charge in [0.2, 0.25) is 0 Å². The predicted octanol–water partition coefficient (Wildman–Crippen LogP) is 3.55. The van der Waals surface area contributed by atoms with Crippen molar-refractivity contribution in [3.63, 3.8) is 0 Å². The van der Waals surface area contributed by atoms with Crippen molar-refractivity contribution in [2.24, 2.45) is 0 Å². The zero-order valence-corrected chi connectivity index (χ0v) is 14.3. The van der Waals surface area contributed by atoms with Crippen LogP contribution in [0.3, 0.4) is 0 Å². The first-order chi connectivity index (χ1) is 11.2. The van der Waals surface area contributed by atoms with Gasteiger partial charge in [0.1, 0.15) is 0 Å². The van der Waals surface area contributed by atoms with Crippen molar-refractivity contribution in [2.75, 3.05) is 27.3 Å². The first-order valence-corrected chi connectivity index (χ1v) is 8.11. The Bertz CT molecular complexity index is 587. The summed E-state index contributed by atoms with van der Waals surface area (Å²) >= 11 is 0. The Morgan fingerprint density at radius 3 is 2.70 bits per heavy atom. The van der Waals surface area contributed by atoms with Crippen LogP contribution in [-0.2, 0) is 13.0 Å². The second-order valence-electron chi connectivity index (χ2n) is 5.64. The zero-order chi connectivity index (χ0) is 16.5. The Labute approximate surface area is 139 Å². The van der Waals surface area contributed by atoms with E-state index in [2.05, 4.69) is 42.1 Å². The van der Waals surface area contributed by atoms with Crippen LogP contribution in [0.1, 0.15) is 24.6 Å². The van der Waals surface area contributed by atoms with Crippen LogP contribution in [0, 0.1) is 0 Å². The van der Waals surface area contributed by atoms with Crippen LogP contribution in [-0.4, -0.2) is 37.2 Å². The fraction of sp³-hybridized carbons (Fsp3) is 0.421. The minimum Gasteiger partial charge on any atom is -0.493 e. The number of aromatic nitrogens is 1. The van der Waals surface area contributed by atoms with Gasteiger partial charge in [-0.05, 0) is 43.3 Å². The predicted molar refractivity (Wildman–Crippen MR) is 93.1 cm³/mol. The van der Waals surface area contributed by atoms with Crippen molar-refractivity contribution >= 4 is 0 Å². The van der Waals surface area contributed by atoms with Crippen LogP contribution in [0.5, 0.6) is 11.5 Å². The Hall–Kier alpha value is -2.07. The second kappa shape index (κ2) is 9.16. The van der Waals surface area contributed by atoms with Crippen LogP contribution in [0.25, 0.3) is 0 Å². The molecule has 2 rings (SSSR count).